The molecular formula is C16H23FN2O3S. The zero-order chi connectivity index (χ0) is 16.9. The Morgan fingerprint density at radius 3 is 2.52 bits per heavy atom. The molecule has 0 saturated carbocycles. The van der Waals surface area contributed by atoms with Crippen LogP contribution in [0.1, 0.15) is 12.5 Å². The van der Waals surface area contributed by atoms with Gasteiger partial charge in [0, 0.05) is 38.5 Å². The molecule has 1 heterocycles. The highest BCUT2D eigenvalue weighted by molar-refractivity contribution is 7.91. The zero-order valence-electron chi connectivity index (χ0n) is 13.4. The molecule has 1 saturated heterocycles. The van der Waals surface area contributed by atoms with Crippen molar-refractivity contribution in [2.45, 2.75) is 13.3 Å². The molecule has 23 heavy (non-hydrogen) atoms. The topological polar surface area (TPSA) is 57.7 Å². The lowest BCUT2D eigenvalue weighted by molar-refractivity contribution is -0.132. The number of hydrogen-bond donors (Lipinski definition) is 0. The average Bonchev–Trinajstić information content (AvgIpc) is 2.53. The van der Waals surface area contributed by atoms with Gasteiger partial charge in [-0.05, 0) is 17.7 Å². The molecule has 128 valence electrons. The van der Waals surface area contributed by atoms with Crippen molar-refractivity contribution in [2.75, 3.05) is 44.2 Å². The second-order valence-corrected chi connectivity index (χ2v) is 8.24. The molecule has 5 nitrogen and oxygen atoms in total. The number of halogens is 1. The van der Waals surface area contributed by atoms with Gasteiger partial charge in [-0.1, -0.05) is 19.1 Å². The van der Waals surface area contributed by atoms with Crippen molar-refractivity contribution in [3.05, 3.63) is 35.6 Å². The fourth-order valence-corrected chi connectivity index (χ4v) is 3.39. The molecule has 0 aromatic heterocycles. The number of nitrogens with zero attached hydrogens (tertiary/aromatic N) is 2. The SMILES string of the molecule is CCS(=O)(=O)CCN1CCN(C(=O)Cc2cccc(F)c2)CC1. The minimum atomic E-state index is -2.95. The summed E-state index contributed by atoms with van der Waals surface area (Å²) in [5.41, 5.74) is 0.673. The standard InChI is InChI=1S/C16H23FN2O3S/c1-2-23(21,22)11-10-18-6-8-19(9-7-18)16(20)13-14-4-3-5-15(17)12-14/h3-5,12H,2,6-11,13H2,1H3. The van der Waals surface area contributed by atoms with E-state index in [-0.39, 0.29) is 29.7 Å². The summed E-state index contributed by atoms with van der Waals surface area (Å²) < 4.78 is 36.2. The maximum absolute atomic E-state index is 13.1. The second kappa shape index (κ2) is 7.88. The van der Waals surface area contributed by atoms with E-state index in [9.17, 15) is 17.6 Å². The smallest absolute Gasteiger partial charge is 0.227 e. The number of rotatable bonds is 6. The van der Waals surface area contributed by atoms with E-state index in [1.165, 1.54) is 12.1 Å². The minimum Gasteiger partial charge on any atom is -0.340 e. The van der Waals surface area contributed by atoms with Crippen molar-refractivity contribution in [3.8, 4) is 0 Å². The van der Waals surface area contributed by atoms with E-state index in [4.69, 9.17) is 0 Å². The second-order valence-electron chi connectivity index (χ2n) is 5.77. The maximum atomic E-state index is 13.1. The van der Waals surface area contributed by atoms with Crippen LogP contribution in [0.5, 0.6) is 0 Å². The van der Waals surface area contributed by atoms with Gasteiger partial charge in [0.05, 0.1) is 12.2 Å². The van der Waals surface area contributed by atoms with Crippen LogP contribution in [0.4, 0.5) is 4.39 Å². The van der Waals surface area contributed by atoms with E-state index in [1.54, 1.807) is 24.0 Å². The van der Waals surface area contributed by atoms with Gasteiger partial charge in [0.2, 0.25) is 5.91 Å². The molecule has 7 heteroatoms. The summed E-state index contributed by atoms with van der Waals surface area (Å²) in [5, 5.41) is 0. The number of amides is 1. The van der Waals surface area contributed by atoms with Crippen molar-refractivity contribution in [1.29, 1.82) is 0 Å². The maximum Gasteiger partial charge on any atom is 0.227 e. The van der Waals surface area contributed by atoms with Crippen molar-refractivity contribution in [3.63, 3.8) is 0 Å². The summed E-state index contributed by atoms with van der Waals surface area (Å²) in [6.07, 6.45) is 0.196. The van der Waals surface area contributed by atoms with Crippen molar-refractivity contribution in [2.24, 2.45) is 0 Å². The third-order valence-electron chi connectivity index (χ3n) is 4.13. The van der Waals surface area contributed by atoms with Gasteiger partial charge in [-0.3, -0.25) is 9.69 Å². The van der Waals surface area contributed by atoms with Gasteiger partial charge < -0.3 is 4.90 Å². The largest absolute Gasteiger partial charge is 0.340 e. The Labute approximate surface area is 137 Å². The lowest BCUT2D eigenvalue weighted by atomic mass is 10.1. The van der Waals surface area contributed by atoms with Crippen molar-refractivity contribution >= 4 is 15.7 Å². The summed E-state index contributed by atoms with van der Waals surface area (Å²) in [5.74, 6) is -0.0199. The first-order chi connectivity index (χ1) is 10.9. The van der Waals surface area contributed by atoms with Crippen LogP contribution in [0.2, 0.25) is 0 Å². The molecule has 1 amide bonds. The van der Waals surface area contributed by atoms with E-state index < -0.39 is 9.84 Å². The highest BCUT2D eigenvalue weighted by atomic mass is 32.2. The Balaban J connectivity index is 1.78. The predicted octanol–water partition coefficient (Wildman–Crippen LogP) is 0.947. The average molecular weight is 342 g/mol. The summed E-state index contributed by atoms with van der Waals surface area (Å²) in [6, 6.07) is 6.08. The number of hydrogen-bond acceptors (Lipinski definition) is 4. The number of piperazine rings is 1. The lowest BCUT2D eigenvalue weighted by Crippen LogP contribution is -2.50. The van der Waals surface area contributed by atoms with Crippen LogP contribution >= 0.6 is 0 Å². The van der Waals surface area contributed by atoms with E-state index >= 15 is 0 Å². The fourth-order valence-electron chi connectivity index (χ4n) is 2.57. The minimum absolute atomic E-state index is 0.0172. The Kier molecular flexibility index (Phi) is 6.12. The van der Waals surface area contributed by atoms with Crippen LogP contribution in [-0.2, 0) is 21.1 Å². The zero-order valence-corrected chi connectivity index (χ0v) is 14.2. The monoisotopic (exact) mass is 342 g/mol. The quantitative estimate of drug-likeness (QED) is 0.772. The molecule has 0 spiro atoms. The van der Waals surface area contributed by atoms with Gasteiger partial charge in [-0.25, -0.2) is 12.8 Å². The van der Waals surface area contributed by atoms with Gasteiger partial charge in [-0.2, -0.15) is 0 Å². The van der Waals surface area contributed by atoms with E-state index in [0.717, 1.165) is 0 Å². The lowest BCUT2D eigenvalue weighted by Gasteiger charge is -2.34. The Morgan fingerprint density at radius 2 is 1.91 bits per heavy atom. The summed E-state index contributed by atoms with van der Waals surface area (Å²) in [7, 11) is -2.95. The number of carbonyl (C=O) groups is 1. The summed E-state index contributed by atoms with van der Waals surface area (Å²) in [4.78, 5) is 16.1. The molecule has 2 rings (SSSR count). The molecule has 0 aliphatic carbocycles. The predicted molar refractivity (Wildman–Crippen MR) is 87.5 cm³/mol. The van der Waals surface area contributed by atoms with E-state index in [0.29, 0.717) is 38.3 Å². The molecule has 1 aliphatic rings. The van der Waals surface area contributed by atoms with Crippen LogP contribution in [-0.4, -0.2) is 68.4 Å². The molecule has 0 unspecified atom stereocenters. The van der Waals surface area contributed by atoms with Crippen LogP contribution in [0.25, 0.3) is 0 Å². The van der Waals surface area contributed by atoms with Crippen LogP contribution in [0.3, 0.4) is 0 Å². The van der Waals surface area contributed by atoms with E-state index in [2.05, 4.69) is 4.90 Å². The van der Waals surface area contributed by atoms with Crippen molar-refractivity contribution < 1.29 is 17.6 Å². The van der Waals surface area contributed by atoms with Gasteiger partial charge in [0.25, 0.3) is 0 Å². The molecule has 0 bridgehead atoms. The molecule has 0 N–H and O–H groups in total. The number of benzene rings is 1. The molecule has 0 atom stereocenters. The number of carbonyl (C=O) groups excluding carboxylic acids is 1. The molecule has 1 fully saturated rings. The molecular weight excluding hydrogens is 319 g/mol. The molecule has 0 radical (unpaired) electrons. The van der Waals surface area contributed by atoms with Gasteiger partial charge in [0.1, 0.15) is 5.82 Å². The number of sulfone groups is 1. The fraction of sp³-hybridized carbons (Fsp3) is 0.562. The Morgan fingerprint density at radius 1 is 1.22 bits per heavy atom. The van der Waals surface area contributed by atoms with Crippen molar-refractivity contribution in [1.82, 2.24) is 9.80 Å². The molecule has 1 aromatic rings. The van der Waals surface area contributed by atoms with Gasteiger partial charge in [0.15, 0.2) is 9.84 Å². The van der Waals surface area contributed by atoms with Crippen LogP contribution in [0, 0.1) is 5.82 Å². The first-order valence-corrected chi connectivity index (χ1v) is 9.67. The third-order valence-corrected chi connectivity index (χ3v) is 5.81. The Bertz CT molecular complexity index is 640. The van der Waals surface area contributed by atoms with E-state index in [1.807, 2.05) is 0 Å². The van der Waals surface area contributed by atoms with Crippen LogP contribution in [0.15, 0.2) is 24.3 Å². The normalized spacial score (nSPS) is 16.5. The third kappa shape index (κ3) is 5.58. The highest BCUT2D eigenvalue weighted by Gasteiger charge is 2.22. The first-order valence-electron chi connectivity index (χ1n) is 7.84. The molecule has 1 aromatic carbocycles. The summed E-state index contributed by atoms with van der Waals surface area (Å²) >= 11 is 0. The first kappa shape index (κ1) is 17.9. The Hall–Kier alpha value is -1.47. The van der Waals surface area contributed by atoms with Crippen LogP contribution < -0.4 is 0 Å². The van der Waals surface area contributed by atoms with Gasteiger partial charge >= 0.3 is 0 Å². The summed E-state index contributed by atoms with van der Waals surface area (Å²) in [6.45, 7) is 4.68. The molecule has 1 aliphatic heterocycles. The van der Waals surface area contributed by atoms with Gasteiger partial charge in [-0.15, -0.1) is 0 Å². The highest BCUT2D eigenvalue weighted by Crippen LogP contribution is 2.09.